The SMILES string of the molecule is CC(C)(C)OC(=O)N[C@H]1C[C@H](C(=O)ON2C(=O)CCC2=O)N(C(=O)OCC2c3ccccc3-c3ccccc32)C1. The third kappa shape index (κ3) is 5.49. The van der Waals surface area contributed by atoms with Crippen molar-refractivity contribution in [2.75, 3.05) is 13.2 Å². The number of nitrogens with zero attached hydrogens (tertiary/aromatic N) is 2. The fourth-order valence-electron chi connectivity index (χ4n) is 5.33. The molecule has 2 heterocycles. The van der Waals surface area contributed by atoms with Gasteiger partial charge < -0.3 is 19.6 Å². The molecule has 210 valence electrons. The molecule has 0 spiro atoms. The lowest BCUT2D eigenvalue weighted by Gasteiger charge is -2.24. The summed E-state index contributed by atoms with van der Waals surface area (Å²) in [5.74, 6) is -2.43. The monoisotopic (exact) mass is 549 g/mol. The van der Waals surface area contributed by atoms with E-state index in [-0.39, 0.29) is 38.3 Å². The van der Waals surface area contributed by atoms with Crippen LogP contribution in [0.1, 0.15) is 57.1 Å². The maximum Gasteiger partial charge on any atom is 0.410 e. The standard InChI is InChI=1S/C29H31N3O8/c1-29(2,3)39-27(36)30-17-14-23(26(35)40-32-24(33)12-13-25(32)34)31(15-17)28(37)38-16-22-20-10-6-4-8-18(20)19-9-5-7-11-21(19)22/h4-11,17,22-23H,12-16H2,1-3H3,(H,30,36)/t17-,23+/m0/s1. The Kier molecular flexibility index (Phi) is 7.22. The number of carbonyl (C=O) groups excluding carboxylic acids is 5. The Bertz CT molecular complexity index is 1310. The largest absolute Gasteiger partial charge is 0.448 e. The molecular weight excluding hydrogens is 518 g/mol. The summed E-state index contributed by atoms with van der Waals surface area (Å²) in [4.78, 5) is 69.1. The molecule has 2 saturated heterocycles. The number of alkyl carbamates (subject to hydrolysis) is 1. The van der Waals surface area contributed by atoms with Crippen LogP contribution in [0, 0.1) is 0 Å². The molecule has 2 aliphatic heterocycles. The highest BCUT2D eigenvalue weighted by Gasteiger charge is 2.45. The molecule has 1 aliphatic carbocycles. The van der Waals surface area contributed by atoms with E-state index in [9.17, 15) is 24.0 Å². The minimum absolute atomic E-state index is 0.0154. The second-order valence-corrected chi connectivity index (χ2v) is 11.0. The molecule has 2 aromatic rings. The fourth-order valence-corrected chi connectivity index (χ4v) is 5.33. The molecule has 11 heteroatoms. The summed E-state index contributed by atoms with van der Waals surface area (Å²) in [6.07, 6.45) is -1.62. The Morgan fingerprint density at radius 3 is 2.08 bits per heavy atom. The number of hydrogen-bond donors (Lipinski definition) is 1. The average molecular weight is 550 g/mol. The number of fused-ring (bicyclic) bond motifs is 3. The molecule has 0 radical (unpaired) electrons. The first-order valence-electron chi connectivity index (χ1n) is 13.2. The smallest absolute Gasteiger partial charge is 0.410 e. The number of imide groups is 1. The fraction of sp³-hybridized carbons (Fsp3) is 0.414. The summed E-state index contributed by atoms with van der Waals surface area (Å²) in [6.45, 7) is 5.12. The van der Waals surface area contributed by atoms with Crippen LogP contribution < -0.4 is 5.32 Å². The van der Waals surface area contributed by atoms with E-state index in [1.54, 1.807) is 20.8 Å². The van der Waals surface area contributed by atoms with Crippen LogP contribution in [0.25, 0.3) is 11.1 Å². The minimum Gasteiger partial charge on any atom is -0.448 e. The molecule has 0 unspecified atom stereocenters. The lowest BCUT2D eigenvalue weighted by Crippen LogP contribution is -2.45. The van der Waals surface area contributed by atoms with Gasteiger partial charge in [-0.15, -0.1) is 5.06 Å². The molecule has 11 nitrogen and oxygen atoms in total. The quantitative estimate of drug-likeness (QED) is 0.561. The van der Waals surface area contributed by atoms with Crippen molar-refractivity contribution < 1.29 is 38.3 Å². The second-order valence-electron chi connectivity index (χ2n) is 11.0. The molecule has 2 atom stereocenters. The highest BCUT2D eigenvalue weighted by molar-refractivity contribution is 6.02. The van der Waals surface area contributed by atoms with Crippen molar-refractivity contribution in [3.05, 3.63) is 59.7 Å². The Labute approximate surface area is 231 Å². The molecule has 2 fully saturated rings. The van der Waals surface area contributed by atoms with Gasteiger partial charge in [-0.1, -0.05) is 48.5 Å². The summed E-state index contributed by atoms with van der Waals surface area (Å²) >= 11 is 0. The van der Waals surface area contributed by atoms with Gasteiger partial charge in [-0.3, -0.25) is 14.5 Å². The molecule has 1 N–H and O–H groups in total. The summed E-state index contributed by atoms with van der Waals surface area (Å²) in [7, 11) is 0. The zero-order valence-electron chi connectivity index (χ0n) is 22.5. The average Bonchev–Trinajstić information content (AvgIpc) is 3.56. The summed E-state index contributed by atoms with van der Waals surface area (Å²) in [6, 6.07) is 14.0. The van der Waals surface area contributed by atoms with Crippen molar-refractivity contribution in [2.45, 2.75) is 63.6 Å². The van der Waals surface area contributed by atoms with E-state index >= 15 is 0 Å². The topological polar surface area (TPSA) is 132 Å². The number of likely N-dealkylation sites (tertiary alicyclic amines) is 1. The molecule has 40 heavy (non-hydrogen) atoms. The third-order valence-corrected chi connectivity index (χ3v) is 7.05. The van der Waals surface area contributed by atoms with Gasteiger partial charge in [0, 0.05) is 31.7 Å². The Balaban J connectivity index is 1.31. The van der Waals surface area contributed by atoms with Crippen molar-refractivity contribution in [1.29, 1.82) is 0 Å². The van der Waals surface area contributed by atoms with E-state index in [0.717, 1.165) is 27.2 Å². The van der Waals surface area contributed by atoms with E-state index < -0.39 is 47.7 Å². The highest BCUT2D eigenvalue weighted by atomic mass is 16.7. The van der Waals surface area contributed by atoms with Crippen LogP contribution in [-0.2, 0) is 28.7 Å². The number of benzene rings is 2. The number of hydroxylamine groups is 2. The Morgan fingerprint density at radius 2 is 1.50 bits per heavy atom. The predicted molar refractivity (Wildman–Crippen MR) is 141 cm³/mol. The third-order valence-electron chi connectivity index (χ3n) is 7.05. The first-order chi connectivity index (χ1) is 19.0. The second kappa shape index (κ2) is 10.6. The summed E-state index contributed by atoms with van der Waals surface area (Å²) in [5.41, 5.74) is 3.46. The molecule has 0 saturated carbocycles. The number of nitrogens with one attached hydrogen (secondary N) is 1. The molecule has 5 rings (SSSR count). The van der Waals surface area contributed by atoms with Crippen LogP contribution in [0.4, 0.5) is 9.59 Å². The van der Waals surface area contributed by atoms with Crippen LogP contribution in [0.5, 0.6) is 0 Å². The number of amides is 4. The van der Waals surface area contributed by atoms with Gasteiger partial charge in [0.1, 0.15) is 18.2 Å². The number of carbonyl (C=O) groups is 5. The first kappa shape index (κ1) is 27.2. The Morgan fingerprint density at radius 1 is 0.925 bits per heavy atom. The maximum atomic E-state index is 13.4. The molecule has 0 aromatic heterocycles. The van der Waals surface area contributed by atoms with Crippen molar-refractivity contribution in [3.63, 3.8) is 0 Å². The summed E-state index contributed by atoms with van der Waals surface area (Å²) in [5, 5.41) is 3.11. The highest BCUT2D eigenvalue weighted by Crippen LogP contribution is 2.44. The molecule has 4 amide bonds. The van der Waals surface area contributed by atoms with Crippen LogP contribution in [0.15, 0.2) is 48.5 Å². The molecule has 0 bridgehead atoms. The van der Waals surface area contributed by atoms with Gasteiger partial charge in [0.2, 0.25) is 0 Å². The van der Waals surface area contributed by atoms with Crippen molar-refractivity contribution in [2.24, 2.45) is 0 Å². The van der Waals surface area contributed by atoms with Gasteiger partial charge >= 0.3 is 18.2 Å². The van der Waals surface area contributed by atoms with Gasteiger partial charge in [-0.05, 0) is 43.0 Å². The van der Waals surface area contributed by atoms with E-state index in [1.165, 1.54) is 0 Å². The van der Waals surface area contributed by atoms with Crippen molar-refractivity contribution >= 4 is 30.0 Å². The van der Waals surface area contributed by atoms with Gasteiger partial charge in [0.05, 0.1) is 6.04 Å². The normalized spacial score (nSPS) is 20.3. The number of ether oxygens (including phenoxy) is 2. The molecule has 2 aromatic carbocycles. The van der Waals surface area contributed by atoms with E-state index in [4.69, 9.17) is 14.3 Å². The van der Waals surface area contributed by atoms with Gasteiger partial charge in [-0.25, -0.2) is 14.4 Å². The van der Waals surface area contributed by atoms with E-state index in [2.05, 4.69) is 5.32 Å². The van der Waals surface area contributed by atoms with E-state index in [1.807, 2.05) is 48.5 Å². The van der Waals surface area contributed by atoms with Crippen LogP contribution >= 0.6 is 0 Å². The van der Waals surface area contributed by atoms with Gasteiger partial charge in [0.15, 0.2) is 0 Å². The van der Waals surface area contributed by atoms with E-state index in [0.29, 0.717) is 5.06 Å². The van der Waals surface area contributed by atoms with Gasteiger partial charge in [-0.2, -0.15) is 0 Å². The Hall–Kier alpha value is -4.41. The maximum absolute atomic E-state index is 13.4. The summed E-state index contributed by atoms with van der Waals surface area (Å²) < 4.78 is 11.0. The van der Waals surface area contributed by atoms with Gasteiger partial charge in [0.25, 0.3) is 11.8 Å². The van der Waals surface area contributed by atoms with Crippen molar-refractivity contribution in [1.82, 2.24) is 15.3 Å². The lowest BCUT2D eigenvalue weighted by molar-refractivity contribution is -0.200. The number of rotatable bonds is 5. The lowest BCUT2D eigenvalue weighted by atomic mass is 9.98. The van der Waals surface area contributed by atoms with Crippen LogP contribution in [0.3, 0.4) is 0 Å². The van der Waals surface area contributed by atoms with Crippen LogP contribution in [0.2, 0.25) is 0 Å². The zero-order valence-corrected chi connectivity index (χ0v) is 22.5. The minimum atomic E-state index is -1.20. The first-order valence-corrected chi connectivity index (χ1v) is 13.2. The zero-order chi connectivity index (χ0) is 28.6. The number of hydrogen-bond acceptors (Lipinski definition) is 8. The predicted octanol–water partition coefficient (Wildman–Crippen LogP) is 3.51. The molecule has 3 aliphatic rings. The van der Waals surface area contributed by atoms with Crippen LogP contribution in [-0.4, -0.2) is 70.8 Å². The van der Waals surface area contributed by atoms with Crippen molar-refractivity contribution in [3.8, 4) is 11.1 Å². The molecular formula is C29H31N3O8.